The van der Waals surface area contributed by atoms with Crippen LogP contribution in [0.3, 0.4) is 0 Å². The molecule has 3 aliphatic rings. The van der Waals surface area contributed by atoms with Gasteiger partial charge in [-0.2, -0.15) is 0 Å². The summed E-state index contributed by atoms with van der Waals surface area (Å²) in [4.78, 5) is 10.6. The van der Waals surface area contributed by atoms with Crippen LogP contribution in [-0.2, 0) is 10.8 Å². The molecule has 2 heteroatoms. The first kappa shape index (κ1) is 25.7. The first-order valence-corrected chi connectivity index (χ1v) is 15.8. The van der Waals surface area contributed by atoms with Gasteiger partial charge in [0.1, 0.15) is 0 Å². The van der Waals surface area contributed by atoms with Crippen LogP contribution in [0.2, 0.25) is 0 Å². The Morgan fingerprint density at radius 3 is 1.32 bits per heavy atom. The first-order valence-electron chi connectivity index (χ1n) is 15.8. The molecule has 3 aliphatic carbocycles. The lowest BCUT2D eigenvalue weighted by Gasteiger charge is -2.22. The molecule has 0 fully saturated rings. The molecule has 0 saturated carbocycles. The van der Waals surface area contributed by atoms with Crippen LogP contribution >= 0.6 is 0 Å². The van der Waals surface area contributed by atoms with Gasteiger partial charge >= 0.3 is 0 Å². The fourth-order valence-corrected chi connectivity index (χ4v) is 8.23. The number of hydrogen-bond donors (Lipinski definition) is 0. The molecule has 2 heterocycles. The summed E-state index contributed by atoms with van der Waals surface area (Å²) in [5.41, 5.74) is 19.7. The molecule has 0 saturated heterocycles. The van der Waals surface area contributed by atoms with E-state index in [0.717, 1.165) is 33.9 Å². The van der Waals surface area contributed by atoms with Crippen molar-refractivity contribution < 1.29 is 0 Å². The number of pyridine rings is 2. The Balaban J connectivity index is 1.13. The van der Waals surface area contributed by atoms with Crippen LogP contribution in [0.25, 0.3) is 56.2 Å². The molecular formula is C42H34N2. The standard InChI is InChI=1S/C42H34N2/c1-24-27-18-20-37(25-14-16-31-29-10-6-8-12-33(29)41(2,3)35(31)22-25)43-39(27)40-28(24)19-21-38(44-40)26-15-17-32-30-11-7-9-13-34(30)42(4,5)36(32)23-26/h6-24H,1-5H3. The average Bonchev–Trinajstić information content (AvgIpc) is 3.56. The lowest BCUT2D eigenvalue weighted by molar-refractivity contribution is 0.660. The fraction of sp³-hybridized carbons (Fsp3) is 0.190. The predicted molar refractivity (Wildman–Crippen MR) is 181 cm³/mol. The Labute approximate surface area is 259 Å². The van der Waals surface area contributed by atoms with Crippen LogP contribution in [0.5, 0.6) is 0 Å². The summed E-state index contributed by atoms with van der Waals surface area (Å²) in [5, 5.41) is 0. The van der Waals surface area contributed by atoms with Crippen LogP contribution in [0.4, 0.5) is 0 Å². The molecule has 44 heavy (non-hydrogen) atoms. The van der Waals surface area contributed by atoms with Gasteiger partial charge in [-0.3, -0.25) is 0 Å². The van der Waals surface area contributed by atoms with E-state index in [9.17, 15) is 0 Å². The Hall–Kier alpha value is -4.82. The molecule has 0 unspecified atom stereocenters. The van der Waals surface area contributed by atoms with Crippen LogP contribution in [-0.4, -0.2) is 9.97 Å². The minimum atomic E-state index is -0.0397. The van der Waals surface area contributed by atoms with E-state index in [-0.39, 0.29) is 16.7 Å². The van der Waals surface area contributed by atoms with Crippen molar-refractivity contribution >= 4 is 0 Å². The summed E-state index contributed by atoms with van der Waals surface area (Å²) in [6.45, 7) is 11.6. The van der Waals surface area contributed by atoms with Gasteiger partial charge < -0.3 is 0 Å². The molecule has 2 aromatic heterocycles. The molecule has 0 atom stereocenters. The summed E-state index contributed by atoms with van der Waals surface area (Å²) in [6, 6.07) is 40.3. The van der Waals surface area contributed by atoms with E-state index in [1.807, 2.05) is 0 Å². The lowest BCUT2D eigenvalue weighted by Crippen LogP contribution is -2.15. The summed E-state index contributed by atoms with van der Waals surface area (Å²) < 4.78 is 0. The van der Waals surface area contributed by atoms with Crippen LogP contribution in [0, 0.1) is 0 Å². The van der Waals surface area contributed by atoms with Gasteiger partial charge in [-0.15, -0.1) is 0 Å². The van der Waals surface area contributed by atoms with E-state index >= 15 is 0 Å². The molecule has 9 rings (SSSR count). The quantitative estimate of drug-likeness (QED) is 0.208. The summed E-state index contributed by atoms with van der Waals surface area (Å²) >= 11 is 0. The minimum Gasteiger partial charge on any atom is -0.246 e. The highest BCUT2D eigenvalue weighted by Gasteiger charge is 2.37. The first-order chi connectivity index (χ1) is 21.2. The van der Waals surface area contributed by atoms with Crippen molar-refractivity contribution in [3.63, 3.8) is 0 Å². The number of hydrogen-bond acceptors (Lipinski definition) is 2. The third-order valence-corrected chi connectivity index (χ3v) is 10.8. The molecule has 0 aliphatic heterocycles. The number of rotatable bonds is 2. The number of fused-ring (bicyclic) bond motifs is 9. The second kappa shape index (κ2) is 8.64. The SMILES string of the molecule is CC1c2ccc(-c3ccc4c(c3)C(C)(C)c3ccccc3-4)nc2-c2nc(-c3ccc4c(c3)C(C)(C)c3ccccc3-4)ccc21. The minimum absolute atomic E-state index is 0.0397. The van der Waals surface area contributed by atoms with Crippen LogP contribution < -0.4 is 0 Å². The zero-order chi connectivity index (χ0) is 30.0. The molecule has 0 bridgehead atoms. The molecule has 2 nitrogen and oxygen atoms in total. The third-order valence-electron chi connectivity index (χ3n) is 10.8. The maximum absolute atomic E-state index is 5.32. The fourth-order valence-electron chi connectivity index (χ4n) is 8.23. The second-order valence-electron chi connectivity index (χ2n) is 13.9. The Morgan fingerprint density at radius 1 is 0.455 bits per heavy atom. The van der Waals surface area contributed by atoms with Crippen molar-refractivity contribution in [2.45, 2.75) is 51.4 Å². The Bertz CT molecular complexity index is 2040. The third kappa shape index (κ3) is 3.31. The summed E-state index contributed by atoms with van der Waals surface area (Å²) in [6.07, 6.45) is 0. The summed E-state index contributed by atoms with van der Waals surface area (Å²) in [7, 11) is 0. The van der Waals surface area contributed by atoms with Crippen molar-refractivity contribution in [3.8, 4) is 56.2 Å². The number of benzene rings is 4. The van der Waals surface area contributed by atoms with E-state index in [0.29, 0.717) is 0 Å². The highest BCUT2D eigenvalue weighted by Crippen LogP contribution is 2.51. The van der Waals surface area contributed by atoms with Gasteiger partial charge in [0.2, 0.25) is 0 Å². The van der Waals surface area contributed by atoms with Crippen molar-refractivity contribution in [1.82, 2.24) is 9.97 Å². The predicted octanol–water partition coefficient (Wildman–Crippen LogP) is 10.6. The second-order valence-corrected chi connectivity index (χ2v) is 13.9. The highest BCUT2D eigenvalue weighted by molar-refractivity contribution is 5.85. The van der Waals surface area contributed by atoms with Gasteiger partial charge in [0.05, 0.1) is 22.8 Å². The van der Waals surface area contributed by atoms with Crippen molar-refractivity contribution in [2.75, 3.05) is 0 Å². The lowest BCUT2D eigenvalue weighted by atomic mass is 9.82. The average molecular weight is 567 g/mol. The smallest absolute Gasteiger partial charge is 0.0935 e. The van der Waals surface area contributed by atoms with E-state index in [1.54, 1.807) is 0 Å². The molecule has 0 radical (unpaired) electrons. The van der Waals surface area contributed by atoms with Crippen molar-refractivity contribution in [2.24, 2.45) is 0 Å². The molecule has 6 aromatic rings. The Kier molecular flexibility index (Phi) is 5.04. The van der Waals surface area contributed by atoms with Gasteiger partial charge in [-0.1, -0.05) is 120 Å². The maximum Gasteiger partial charge on any atom is 0.0935 e. The molecule has 4 aromatic carbocycles. The molecular weight excluding hydrogens is 532 g/mol. The zero-order valence-electron chi connectivity index (χ0n) is 25.9. The molecule has 212 valence electrons. The van der Waals surface area contributed by atoms with E-state index in [4.69, 9.17) is 9.97 Å². The largest absolute Gasteiger partial charge is 0.246 e. The van der Waals surface area contributed by atoms with E-state index < -0.39 is 0 Å². The maximum atomic E-state index is 5.32. The van der Waals surface area contributed by atoms with Gasteiger partial charge in [0.15, 0.2) is 0 Å². The normalized spacial score (nSPS) is 16.1. The topological polar surface area (TPSA) is 25.8 Å². The van der Waals surface area contributed by atoms with Crippen molar-refractivity contribution in [3.05, 3.63) is 143 Å². The van der Waals surface area contributed by atoms with E-state index in [2.05, 4.69) is 144 Å². The number of nitrogens with zero attached hydrogens (tertiary/aromatic N) is 2. The Morgan fingerprint density at radius 2 is 0.864 bits per heavy atom. The van der Waals surface area contributed by atoms with Gasteiger partial charge in [0.25, 0.3) is 0 Å². The molecule has 0 N–H and O–H groups in total. The zero-order valence-corrected chi connectivity index (χ0v) is 25.9. The highest BCUT2D eigenvalue weighted by atomic mass is 14.8. The van der Waals surface area contributed by atoms with Crippen molar-refractivity contribution in [1.29, 1.82) is 0 Å². The molecule has 0 amide bonds. The van der Waals surface area contributed by atoms with Crippen LogP contribution in [0.15, 0.2) is 109 Å². The van der Waals surface area contributed by atoms with Gasteiger partial charge in [-0.05, 0) is 79.9 Å². The number of aromatic nitrogens is 2. The molecule has 0 spiro atoms. The van der Waals surface area contributed by atoms with Crippen LogP contribution in [0.1, 0.15) is 73.9 Å². The summed E-state index contributed by atoms with van der Waals surface area (Å²) in [5.74, 6) is 0.269. The van der Waals surface area contributed by atoms with Gasteiger partial charge in [-0.25, -0.2) is 9.97 Å². The van der Waals surface area contributed by atoms with E-state index in [1.165, 1.54) is 55.6 Å². The monoisotopic (exact) mass is 566 g/mol. The van der Waals surface area contributed by atoms with Gasteiger partial charge in [0, 0.05) is 27.9 Å².